The minimum Gasteiger partial charge on any atom is -0.325 e. The molecule has 1 heterocycles. The Hall–Kier alpha value is -3.38. The second kappa shape index (κ2) is 9.21. The highest BCUT2D eigenvalue weighted by molar-refractivity contribution is 8.01. The molecule has 148 valence electrons. The van der Waals surface area contributed by atoms with Gasteiger partial charge in [-0.15, -0.1) is 10.2 Å². The first-order valence-electron chi connectivity index (χ1n) is 7.98. The second-order valence-corrected chi connectivity index (χ2v) is 7.68. The standard InChI is InChI=1S/C17H12FN5O4S2/c18-11-3-1-2-10(8-11)15(25)20-16-21-22-17(29-16)28-9-14(24)19-12-4-6-13(7-5-12)23(26)27/h1-8H,9H2,(H,19,24)(H,20,21,25). The van der Waals surface area contributed by atoms with Gasteiger partial charge in [-0.1, -0.05) is 29.2 Å². The fourth-order valence-electron chi connectivity index (χ4n) is 2.11. The average Bonchev–Trinajstić information content (AvgIpc) is 3.14. The number of rotatable bonds is 7. The Bertz CT molecular complexity index is 1060. The summed E-state index contributed by atoms with van der Waals surface area (Å²) in [6.45, 7) is 0. The lowest BCUT2D eigenvalue weighted by atomic mass is 10.2. The molecule has 0 aliphatic rings. The first-order chi connectivity index (χ1) is 13.9. The lowest BCUT2D eigenvalue weighted by Crippen LogP contribution is -2.13. The fourth-order valence-corrected chi connectivity index (χ4v) is 3.66. The number of benzene rings is 2. The van der Waals surface area contributed by atoms with Crippen molar-refractivity contribution >= 4 is 51.4 Å². The lowest BCUT2D eigenvalue weighted by Gasteiger charge is -2.03. The summed E-state index contributed by atoms with van der Waals surface area (Å²) in [5.41, 5.74) is 0.512. The summed E-state index contributed by atoms with van der Waals surface area (Å²) < 4.78 is 13.6. The van der Waals surface area contributed by atoms with Gasteiger partial charge in [0.2, 0.25) is 11.0 Å². The fraction of sp³-hybridized carbons (Fsp3) is 0.0588. The number of thioether (sulfide) groups is 1. The summed E-state index contributed by atoms with van der Waals surface area (Å²) >= 11 is 2.19. The van der Waals surface area contributed by atoms with Crippen LogP contribution >= 0.6 is 23.1 Å². The molecule has 0 saturated carbocycles. The topological polar surface area (TPSA) is 127 Å². The summed E-state index contributed by atoms with van der Waals surface area (Å²) in [4.78, 5) is 34.1. The molecule has 2 amide bonds. The molecule has 2 aromatic carbocycles. The molecule has 0 aliphatic heterocycles. The van der Waals surface area contributed by atoms with Gasteiger partial charge < -0.3 is 5.32 Å². The Kier molecular flexibility index (Phi) is 6.46. The molecule has 0 aliphatic carbocycles. The van der Waals surface area contributed by atoms with Crippen LogP contribution in [0.3, 0.4) is 0 Å². The Morgan fingerprint density at radius 2 is 1.90 bits per heavy atom. The number of halogens is 1. The normalized spacial score (nSPS) is 10.4. The van der Waals surface area contributed by atoms with Gasteiger partial charge in [-0.3, -0.25) is 25.0 Å². The summed E-state index contributed by atoms with van der Waals surface area (Å²) in [6, 6.07) is 10.7. The van der Waals surface area contributed by atoms with Gasteiger partial charge >= 0.3 is 0 Å². The van der Waals surface area contributed by atoms with Crippen molar-refractivity contribution in [3.05, 3.63) is 70.0 Å². The molecule has 12 heteroatoms. The van der Waals surface area contributed by atoms with Gasteiger partial charge in [-0.25, -0.2) is 4.39 Å². The van der Waals surface area contributed by atoms with Gasteiger partial charge in [0.1, 0.15) is 5.82 Å². The van der Waals surface area contributed by atoms with Crippen molar-refractivity contribution in [2.45, 2.75) is 4.34 Å². The van der Waals surface area contributed by atoms with E-state index in [1.165, 1.54) is 42.5 Å². The van der Waals surface area contributed by atoms with Crippen LogP contribution in [0.5, 0.6) is 0 Å². The molecule has 9 nitrogen and oxygen atoms in total. The van der Waals surface area contributed by atoms with E-state index in [4.69, 9.17) is 0 Å². The van der Waals surface area contributed by atoms with Crippen LogP contribution in [0.15, 0.2) is 52.9 Å². The van der Waals surface area contributed by atoms with Gasteiger partial charge in [-0.2, -0.15) is 0 Å². The first kappa shape index (κ1) is 20.4. The van der Waals surface area contributed by atoms with E-state index in [0.29, 0.717) is 10.0 Å². The van der Waals surface area contributed by atoms with Crippen LogP contribution in [0, 0.1) is 15.9 Å². The zero-order valence-electron chi connectivity index (χ0n) is 14.5. The molecule has 0 radical (unpaired) electrons. The maximum absolute atomic E-state index is 13.2. The number of amides is 2. The zero-order valence-corrected chi connectivity index (χ0v) is 16.1. The zero-order chi connectivity index (χ0) is 20.8. The minimum absolute atomic E-state index is 0.0312. The number of carbonyl (C=O) groups is 2. The summed E-state index contributed by atoms with van der Waals surface area (Å²) in [5, 5.41) is 23.7. The van der Waals surface area contributed by atoms with Crippen molar-refractivity contribution in [2.24, 2.45) is 0 Å². The summed E-state index contributed by atoms with van der Waals surface area (Å²) in [7, 11) is 0. The van der Waals surface area contributed by atoms with Crippen LogP contribution in [0.2, 0.25) is 0 Å². The largest absolute Gasteiger partial charge is 0.325 e. The number of hydrogen-bond acceptors (Lipinski definition) is 8. The van der Waals surface area contributed by atoms with Crippen molar-refractivity contribution in [3.8, 4) is 0 Å². The number of nitrogens with zero attached hydrogens (tertiary/aromatic N) is 3. The third-order valence-corrected chi connectivity index (χ3v) is 5.37. The van der Waals surface area contributed by atoms with Crippen LogP contribution in [-0.4, -0.2) is 32.7 Å². The average molecular weight is 433 g/mol. The molecule has 0 atom stereocenters. The second-order valence-electron chi connectivity index (χ2n) is 5.48. The predicted octanol–water partition coefficient (Wildman–Crippen LogP) is 3.57. The van der Waals surface area contributed by atoms with Crippen molar-refractivity contribution in [1.82, 2.24) is 10.2 Å². The Morgan fingerprint density at radius 1 is 1.14 bits per heavy atom. The molecule has 1 aromatic heterocycles. The number of aromatic nitrogens is 2. The molecular formula is C17H12FN5O4S2. The van der Waals surface area contributed by atoms with Gasteiger partial charge in [-0.05, 0) is 30.3 Å². The molecule has 0 bridgehead atoms. The monoisotopic (exact) mass is 433 g/mol. The van der Waals surface area contributed by atoms with E-state index in [2.05, 4.69) is 20.8 Å². The maximum atomic E-state index is 13.2. The molecule has 3 aromatic rings. The van der Waals surface area contributed by atoms with Gasteiger partial charge in [0.15, 0.2) is 4.34 Å². The third-order valence-electron chi connectivity index (χ3n) is 3.40. The van der Waals surface area contributed by atoms with E-state index >= 15 is 0 Å². The molecule has 0 saturated heterocycles. The van der Waals surface area contributed by atoms with Crippen molar-refractivity contribution in [3.63, 3.8) is 0 Å². The van der Waals surface area contributed by atoms with E-state index in [0.717, 1.165) is 29.2 Å². The first-order valence-corrected chi connectivity index (χ1v) is 9.78. The Labute approximate surface area is 171 Å². The van der Waals surface area contributed by atoms with E-state index in [1.807, 2.05) is 0 Å². The molecule has 0 spiro atoms. The smallest absolute Gasteiger partial charge is 0.269 e. The van der Waals surface area contributed by atoms with Crippen molar-refractivity contribution < 1.29 is 18.9 Å². The predicted molar refractivity (Wildman–Crippen MR) is 107 cm³/mol. The molecule has 3 rings (SSSR count). The van der Waals surface area contributed by atoms with Crippen molar-refractivity contribution in [2.75, 3.05) is 16.4 Å². The summed E-state index contributed by atoms with van der Waals surface area (Å²) in [5.74, 6) is -1.34. The number of non-ortho nitro benzene ring substituents is 1. The van der Waals surface area contributed by atoms with Gasteiger partial charge in [0.05, 0.1) is 10.7 Å². The number of anilines is 2. The molecule has 0 unspecified atom stereocenters. The number of nitrogens with one attached hydrogen (secondary N) is 2. The Balaban J connectivity index is 1.50. The molecule has 0 fully saturated rings. The number of nitro groups is 1. The Morgan fingerprint density at radius 3 is 2.59 bits per heavy atom. The van der Waals surface area contributed by atoms with E-state index in [9.17, 15) is 24.1 Å². The van der Waals surface area contributed by atoms with E-state index < -0.39 is 16.6 Å². The number of nitro benzene ring substituents is 1. The van der Waals surface area contributed by atoms with Crippen LogP contribution in [-0.2, 0) is 4.79 Å². The van der Waals surface area contributed by atoms with Crippen LogP contribution in [0.4, 0.5) is 20.9 Å². The highest BCUT2D eigenvalue weighted by Gasteiger charge is 2.13. The number of hydrogen-bond donors (Lipinski definition) is 2. The van der Waals surface area contributed by atoms with Crippen LogP contribution < -0.4 is 10.6 Å². The van der Waals surface area contributed by atoms with Crippen LogP contribution in [0.1, 0.15) is 10.4 Å². The van der Waals surface area contributed by atoms with Crippen molar-refractivity contribution in [1.29, 1.82) is 0 Å². The van der Waals surface area contributed by atoms with Gasteiger partial charge in [0, 0.05) is 23.4 Å². The highest BCUT2D eigenvalue weighted by atomic mass is 32.2. The SMILES string of the molecule is O=C(CSc1nnc(NC(=O)c2cccc(F)c2)s1)Nc1ccc([N+](=O)[O-])cc1. The third kappa shape index (κ3) is 5.80. The number of carbonyl (C=O) groups excluding carboxylic acids is 2. The molecular weight excluding hydrogens is 421 g/mol. The minimum atomic E-state index is -0.526. The molecule has 2 N–H and O–H groups in total. The van der Waals surface area contributed by atoms with Gasteiger partial charge in [0.25, 0.3) is 11.6 Å². The lowest BCUT2D eigenvalue weighted by molar-refractivity contribution is -0.384. The summed E-state index contributed by atoms with van der Waals surface area (Å²) in [6.07, 6.45) is 0. The van der Waals surface area contributed by atoms with E-state index in [1.54, 1.807) is 0 Å². The van der Waals surface area contributed by atoms with Crippen LogP contribution in [0.25, 0.3) is 0 Å². The molecule has 29 heavy (non-hydrogen) atoms. The maximum Gasteiger partial charge on any atom is 0.269 e. The van der Waals surface area contributed by atoms with E-state index in [-0.39, 0.29) is 28.0 Å². The highest BCUT2D eigenvalue weighted by Crippen LogP contribution is 2.26. The quantitative estimate of drug-likeness (QED) is 0.252.